The van der Waals surface area contributed by atoms with Crippen LogP contribution in [0.5, 0.6) is 0 Å². The molecular weight excluding hydrogens is 299 g/mol. The van der Waals surface area contributed by atoms with Crippen molar-refractivity contribution in [3.63, 3.8) is 0 Å². The molecule has 3 N–H and O–H groups in total. The second-order valence-corrected chi connectivity index (χ2v) is 6.87. The lowest BCUT2D eigenvalue weighted by Gasteiger charge is -2.21. The number of aliphatic hydroxyl groups excluding tert-OH is 1. The average molecular weight is 324 g/mol. The van der Waals surface area contributed by atoms with Gasteiger partial charge in [-0.3, -0.25) is 9.59 Å². The molecule has 0 aliphatic carbocycles. The predicted octanol–water partition coefficient (Wildman–Crippen LogP) is 1.92. The Morgan fingerprint density at radius 1 is 1.17 bits per heavy atom. The maximum atomic E-state index is 12.9. The van der Waals surface area contributed by atoms with Crippen molar-refractivity contribution in [2.45, 2.75) is 46.3 Å². The number of halogens is 1. The van der Waals surface area contributed by atoms with E-state index in [1.54, 1.807) is 6.92 Å². The van der Waals surface area contributed by atoms with Crippen molar-refractivity contribution in [3.05, 3.63) is 35.6 Å². The lowest BCUT2D eigenvalue weighted by molar-refractivity contribution is -0.127. The van der Waals surface area contributed by atoms with Crippen LogP contribution < -0.4 is 10.6 Å². The Morgan fingerprint density at radius 3 is 2.26 bits per heavy atom. The number of rotatable bonds is 6. The van der Waals surface area contributed by atoms with Crippen LogP contribution in [0, 0.1) is 11.2 Å². The minimum absolute atomic E-state index is 0.143. The Bertz CT molecular complexity index is 538. The fourth-order valence-corrected chi connectivity index (χ4v) is 2.06. The molecule has 2 amide bonds. The van der Waals surface area contributed by atoms with Crippen molar-refractivity contribution in [1.29, 1.82) is 0 Å². The lowest BCUT2D eigenvalue weighted by Crippen LogP contribution is -2.43. The molecular formula is C17H25FN2O3. The Hall–Kier alpha value is -1.95. The topological polar surface area (TPSA) is 78.4 Å². The SMILES string of the molecule is CC(NC(=O)CNC(=O)CC(C)(C)C)C(O)c1ccc(F)cc1. The molecule has 0 spiro atoms. The van der Waals surface area contributed by atoms with E-state index in [4.69, 9.17) is 0 Å². The Kier molecular flexibility index (Phi) is 6.69. The third-order valence-electron chi connectivity index (χ3n) is 3.21. The van der Waals surface area contributed by atoms with Crippen LogP contribution in [0.1, 0.15) is 45.8 Å². The number of aliphatic hydroxyl groups is 1. The van der Waals surface area contributed by atoms with Gasteiger partial charge in [0.05, 0.1) is 18.7 Å². The van der Waals surface area contributed by atoms with Gasteiger partial charge in [-0.15, -0.1) is 0 Å². The first-order valence-electron chi connectivity index (χ1n) is 7.58. The maximum absolute atomic E-state index is 12.9. The summed E-state index contributed by atoms with van der Waals surface area (Å²) in [7, 11) is 0. The summed E-state index contributed by atoms with van der Waals surface area (Å²) in [6, 6.07) is 4.87. The average Bonchev–Trinajstić information content (AvgIpc) is 2.43. The molecule has 23 heavy (non-hydrogen) atoms. The fraction of sp³-hybridized carbons (Fsp3) is 0.529. The highest BCUT2D eigenvalue weighted by atomic mass is 19.1. The Balaban J connectivity index is 2.44. The van der Waals surface area contributed by atoms with Gasteiger partial charge >= 0.3 is 0 Å². The molecule has 0 heterocycles. The van der Waals surface area contributed by atoms with E-state index in [1.165, 1.54) is 24.3 Å². The van der Waals surface area contributed by atoms with Crippen LogP contribution in [0.2, 0.25) is 0 Å². The number of carbonyl (C=O) groups excluding carboxylic acids is 2. The van der Waals surface area contributed by atoms with Gasteiger partial charge in [-0.05, 0) is 30.0 Å². The van der Waals surface area contributed by atoms with Gasteiger partial charge < -0.3 is 15.7 Å². The summed E-state index contributed by atoms with van der Waals surface area (Å²) in [6.07, 6.45) is -0.626. The number of nitrogens with one attached hydrogen (secondary N) is 2. The van der Waals surface area contributed by atoms with Crippen molar-refractivity contribution in [3.8, 4) is 0 Å². The van der Waals surface area contributed by atoms with Crippen molar-refractivity contribution >= 4 is 11.8 Å². The van der Waals surface area contributed by atoms with E-state index >= 15 is 0 Å². The van der Waals surface area contributed by atoms with Crippen LogP contribution in [0.3, 0.4) is 0 Å². The number of hydrogen-bond donors (Lipinski definition) is 3. The third-order valence-corrected chi connectivity index (χ3v) is 3.21. The molecule has 0 fully saturated rings. The standard InChI is InChI=1S/C17H25FN2O3/c1-11(16(23)12-5-7-13(18)8-6-12)20-15(22)10-19-14(21)9-17(2,3)4/h5-8,11,16,23H,9-10H2,1-4H3,(H,19,21)(H,20,22). The molecule has 0 aliphatic heterocycles. The van der Waals surface area contributed by atoms with Crippen molar-refractivity contribution in [2.24, 2.45) is 5.41 Å². The molecule has 6 heteroatoms. The molecule has 1 aromatic carbocycles. The fourth-order valence-electron chi connectivity index (χ4n) is 2.06. The van der Waals surface area contributed by atoms with Crippen LogP contribution in [0.25, 0.3) is 0 Å². The summed E-state index contributed by atoms with van der Waals surface area (Å²) in [4.78, 5) is 23.5. The van der Waals surface area contributed by atoms with Crippen LogP contribution >= 0.6 is 0 Å². The van der Waals surface area contributed by atoms with Crippen molar-refractivity contribution < 1.29 is 19.1 Å². The van der Waals surface area contributed by atoms with E-state index in [-0.39, 0.29) is 29.6 Å². The van der Waals surface area contributed by atoms with E-state index < -0.39 is 12.1 Å². The van der Waals surface area contributed by atoms with Crippen molar-refractivity contribution in [2.75, 3.05) is 6.54 Å². The molecule has 0 saturated heterocycles. The largest absolute Gasteiger partial charge is 0.386 e. The van der Waals surface area contributed by atoms with E-state index in [9.17, 15) is 19.1 Å². The van der Waals surface area contributed by atoms with E-state index in [1.807, 2.05) is 20.8 Å². The third kappa shape index (κ3) is 7.23. The molecule has 128 valence electrons. The van der Waals surface area contributed by atoms with E-state index in [0.717, 1.165) is 0 Å². The molecule has 5 nitrogen and oxygen atoms in total. The molecule has 2 unspecified atom stereocenters. The molecule has 0 aliphatic rings. The number of hydrogen-bond acceptors (Lipinski definition) is 3. The summed E-state index contributed by atoms with van der Waals surface area (Å²) in [6.45, 7) is 7.31. The van der Waals surface area contributed by atoms with Gasteiger partial charge in [0, 0.05) is 6.42 Å². The first-order chi connectivity index (χ1) is 10.6. The highest BCUT2D eigenvalue weighted by molar-refractivity contribution is 5.85. The molecule has 0 bridgehead atoms. The molecule has 1 rings (SSSR count). The zero-order chi connectivity index (χ0) is 17.6. The van der Waals surface area contributed by atoms with E-state index in [0.29, 0.717) is 12.0 Å². The monoisotopic (exact) mass is 324 g/mol. The maximum Gasteiger partial charge on any atom is 0.239 e. The van der Waals surface area contributed by atoms with Gasteiger partial charge in [0.25, 0.3) is 0 Å². The van der Waals surface area contributed by atoms with Crippen LogP contribution in [-0.4, -0.2) is 29.5 Å². The number of amides is 2. The van der Waals surface area contributed by atoms with Crippen molar-refractivity contribution in [1.82, 2.24) is 10.6 Å². The first kappa shape index (κ1) is 19.1. The predicted molar refractivity (Wildman–Crippen MR) is 86.0 cm³/mol. The van der Waals surface area contributed by atoms with Crippen LogP contribution in [-0.2, 0) is 9.59 Å². The molecule has 0 radical (unpaired) electrons. The number of carbonyl (C=O) groups is 2. The lowest BCUT2D eigenvalue weighted by atomic mass is 9.92. The molecule has 0 aromatic heterocycles. The quantitative estimate of drug-likeness (QED) is 0.748. The van der Waals surface area contributed by atoms with Crippen LogP contribution in [0.4, 0.5) is 4.39 Å². The summed E-state index contributed by atoms with van der Waals surface area (Å²) in [5.41, 5.74) is 0.364. The second kappa shape index (κ2) is 8.06. The summed E-state index contributed by atoms with van der Waals surface area (Å²) in [5, 5.41) is 15.3. The normalized spacial score (nSPS) is 14.0. The number of benzene rings is 1. The van der Waals surface area contributed by atoms with Crippen LogP contribution in [0.15, 0.2) is 24.3 Å². The smallest absolute Gasteiger partial charge is 0.239 e. The Morgan fingerprint density at radius 2 is 1.74 bits per heavy atom. The van der Waals surface area contributed by atoms with Gasteiger partial charge in [0.15, 0.2) is 0 Å². The van der Waals surface area contributed by atoms with Gasteiger partial charge in [-0.1, -0.05) is 32.9 Å². The van der Waals surface area contributed by atoms with Gasteiger partial charge in [0.1, 0.15) is 5.82 Å². The minimum atomic E-state index is -0.954. The summed E-state index contributed by atoms with van der Waals surface area (Å²) < 4.78 is 12.9. The minimum Gasteiger partial charge on any atom is -0.386 e. The zero-order valence-electron chi connectivity index (χ0n) is 14.0. The Labute approximate surface area is 136 Å². The van der Waals surface area contributed by atoms with E-state index in [2.05, 4.69) is 10.6 Å². The van der Waals surface area contributed by atoms with Gasteiger partial charge in [0.2, 0.25) is 11.8 Å². The van der Waals surface area contributed by atoms with Gasteiger partial charge in [-0.25, -0.2) is 4.39 Å². The highest BCUT2D eigenvalue weighted by Gasteiger charge is 2.20. The highest BCUT2D eigenvalue weighted by Crippen LogP contribution is 2.18. The zero-order valence-corrected chi connectivity index (χ0v) is 14.0. The van der Waals surface area contributed by atoms with Gasteiger partial charge in [-0.2, -0.15) is 0 Å². The summed E-state index contributed by atoms with van der Waals surface area (Å²) in [5.74, 6) is -0.973. The summed E-state index contributed by atoms with van der Waals surface area (Å²) >= 11 is 0. The molecule has 0 saturated carbocycles. The molecule has 1 aromatic rings. The second-order valence-electron chi connectivity index (χ2n) is 6.87. The molecule has 2 atom stereocenters. The first-order valence-corrected chi connectivity index (χ1v) is 7.58.